The predicted octanol–water partition coefficient (Wildman–Crippen LogP) is 2.47. The number of aromatic nitrogens is 1. The Balaban J connectivity index is 1.81. The maximum atomic E-state index is 12.8. The summed E-state index contributed by atoms with van der Waals surface area (Å²) in [5.41, 5.74) is 0.794. The number of halogens is 1. The molecule has 1 aliphatic heterocycles. The molecule has 0 amide bonds. The molecular formula is C15H17BrN4O5S. The number of piperazine rings is 1. The van der Waals surface area contributed by atoms with E-state index in [1.807, 2.05) is 4.90 Å². The minimum absolute atomic E-state index is 0.0126. The van der Waals surface area contributed by atoms with E-state index < -0.39 is 14.9 Å². The molecule has 26 heavy (non-hydrogen) atoms. The van der Waals surface area contributed by atoms with Gasteiger partial charge < -0.3 is 9.42 Å². The average molecular weight is 445 g/mol. The van der Waals surface area contributed by atoms with Crippen molar-refractivity contribution in [3.63, 3.8) is 0 Å². The third kappa shape index (κ3) is 3.33. The Morgan fingerprint density at radius 3 is 2.42 bits per heavy atom. The maximum absolute atomic E-state index is 12.8. The lowest BCUT2D eigenvalue weighted by Gasteiger charge is -2.35. The van der Waals surface area contributed by atoms with Gasteiger partial charge in [-0.3, -0.25) is 10.1 Å². The molecule has 1 fully saturated rings. The molecule has 1 aromatic carbocycles. The highest BCUT2D eigenvalue weighted by Crippen LogP contribution is 2.32. The molecule has 9 nitrogen and oxygen atoms in total. The zero-order valence-electron chi connectivity index (χ0n) is 14.2. The van der Waals surface area contributed by atoms with Crippen molar-refractivity contribution in [2.75, 3.05) is 31.1 Å². The van der Waals surface area contributed by atoms with Crippen LogP contribution in [0.1, 0.15) is 11.5 Å². The van der Waals surface area contributed by atoms with Crippen LogP contribution in [-0.4, -0.2) is 49.0 Å². The van der Waals surface area contributed by atoms with Gasteiger partial charge >= 0.3 is 0 Å². The van der Waals surface area contributed by atoms with Gasteiger partial charge in [0.15, 0.2) is 5.76 Å². The molecule has 0 saturated carbocycles. The average Bonchev–Trinajstić information content (AvgIpc) is 2.94. The molecule has 0 spiro atoms. The summed E-state index contributed by atoms with van der Waals surface area (Å²) in [6.45, 7) is 4.30. The van der Waals surface area contributed by atoms with Crippen LogP contribution in [0.4, 0.5) is 11.4 Å². The van der Waals surface area contributed by atoms with Gasteiger partial charge in [-0.1, -0.05) is 21.1 Å². The topological polar surface area (TPSA) is 110 Å². The van der Waals surface area contributed by atoms with Crippen LogP contribution in [0.5, 0.6) is 0 Å². The van der Waals surface area contributed by atoms with Crippen LogP contribution in [0.25, 0.3) is 0 Å². The number of nitro groups is 1. The standard InChI is InChI=1S/C15H17BrN4O5S/c1-10-15(11(2)25-17-10)26(23,24)19-7-5-18(6-8-19)13-4-3-12(16)9-14(13)20(21)22/h3-4,9H,5-8H2,1-2H3. The summed E-state index contributed by atoms with van der Waals surface area (Å²) >= 11 is 3.23. The molecule has 1 saturated heterocycles. The lowest BCUT2D eigenvalue weighted by atomic mass is 10.2. The van der Waals surface area contributed by atoms with Gasteiger partial charge in [0, 0.05) is 36.7 Å². The Hall–Kier alpha value is -1.98. The third-order valence-corrected chi connectivity index (χ3v) is 6.92. The largest absolute Gasteiger partial charge is 0.363 e. The Kier molecular flexibility index (Phi) is 5.04. The predicted molar refractivity (Wildman–Crippen MR) is 97.7 cm³/mol. The van der Waals surface area contributed by atoms with E-state index in [9.17, 15) is 18.5 Å². The molecular weight excluding hydrogens is 428 g/mol. The van der Waals surface area contributed by atoms with Gasteiger partial charge in [0.25, 0.3) is 5.69 Å². The van der Waals surface area contributed by atoms with Gasteiger partial charge in [0.05, 0.1) is 4.92 Å². The Labute approximate surface area is 158 Å². The molecule has 0 unspecified atom stereocenters. The van der Waals surface area contributed by atoms with Gasteiger partial charge in [-0.05, 0) is 26.0 Å². The number of benzene rings is 1. The lowest BCUT2D eigenvalue weighted by Crippen LogP contribution is -2.49. The van der Waals surface area contributed by atoms with Crippen molar-refractivity contribution < 1.29 is 17.9 Å². The fourth-order valence-corrected chi connectivity index (χ4v) is 5.11. The molecule has 0 bridgehead atoms. The first kappa shape index (κ1) is 18.8. The third-order valence-electron chi connectivity index (χ3n) is 4.28. The van der Waals surface area contributed by atoms with Crippen LogP contribution >= 0.6 is 15.9 Å². The van der Waals surface area contributed by atoms with Gasteiger partial charge in [-0.2, -0.15) is 4.31 Å². The number of aryl methyl sites for hydroxylation is 2. The number of hydrogen-bond acceptors (Lipinski definition) is 7. The Morgan fingerprint density at radius 1 is 1.23 bits per heavy atom. The first-order valence-corrected chi connectivity index (χ1v) is 10.1. The van der Waals surface area contributed by atoms with Crippen molar-refractivity contribution in [3.8, 4) is 0 Å². The molecule has 2 heterocycles. The molecule has 1 aromatic heterocycles. The minimum atomic E-state index is -3.71. The van der Waals surface area contributed by atoms with E-state index in [2.05, 4.69) is 21.1 Å². The number of rotatable bonds is 4. The fourth-order valence-electron chi connectivity index (χ4n) is 3.05. The van der Waals surface area contributed by atoms with Crippen LogP contribution in [0.3, 0.4) is 0 Å². The van der Waals surface area contributed by atoms with E-state index in [1.54, 1.807) is 26.0 Å². The zero-order chi connectivity index (χ0) is 19.1. The summed E-state index contributed by atoms with van der Waals surface area (Å²) in [6.07, 6.45) is 0. The van der Waals surface area contributed by atoms with Crippen molar-refractivity contribution >= 4 is 37.3 Å². The lowest BCUT2D eigenvalue weighted by molar-refractivity contribution is -0.384. The van der Waals surface area contributed by atoms with Crippen LogP contribution in [-0.2, 0) is 10.0 Å². The molecule has 140 valence electrons. The Bertz CT molecular complexity index is 931. The number of nitro benzene ring substituents is 1. The first-order chi connectivity index (χ1) is 12.2. The van der Waals surface area contributed by atoms with Crippen molar-refractivity contribution in [3.05, 3.63) is 44.2 Å². The summed E-state index contributed by atoms with van der Waals surface area (Å²) < 4.78 is 32.6. The second kappa shape index (κ2) is 6.97. The smallest absolute Gasteiger partial charge is 0.293 e. The number of nitrogens with zero attached hydrogens (tertiary/aromatic N) is 4. The molecule has 2 aromatic rings. The minimum Gasteiger partial charge on any atom is -0.363 e. The quantitative estimate of drug-likeness (QED) is 0.525. The van der Waals surface area contributed by atoms with Gasteiger partial charge in [0.1, 0.15) is 16.3 Å². The van der Waals surface area contributed by atoms with E-state index in [0.717, 1.165) is 0 Å². The molecule has 0 N–H and O–H groups in total. The SMILES string of the molecule is Cc1noc(C)c1S(=O)(=O)N1CCN(c2ccc(Br)cc2[N+](=O)[O-])CC1. The van der Waals surface area contributed by atoms with E-state index in [-0.39, 0.29) is 29.4 Å². The van der Waals surface area contributed by atoms with E-state index in [0.29, 0.717) is 28.9 Å². The van der Waals surface area contributed by atoms with Crippen LogP contribution in [0, 0.1) is 24.0 Å². The highest BCUT2D eigenvalue weighted by molar-refractivity contribution is 9.10. The van der Waals surface area contributed by atoms with Crippen LogP contribution in [0.2, 0.25) is 0 Å². The van der Waals surface area contributed by atoms with Gasteiger partial charge in [-0.25, -0.2) is 8.42 Å². The first-order valence-electron chi connectivity index (χ1n) is 7.83. The summed E-state index contributed by atoms with van der Waals surface area (Å²) in [6, 6.07) is 4.85. The monoisotopic (exact) mass is 444 g/mol. The van der Waals surface area contributed by atoms with Crippen LogP contribution in [0.15, 0.2) is 32.1 Å². The van der Waals surface area contributed by atoms with E-state index in [1.165, 1.54) is 10.4 Å². The molecule has 0 atom stereocenters. The maximum Gasteiger partial charge on any atom is 0.293 e. The van der Waals surface area contributed by atoms with Gasteiger partial charge in [-0.15, -0.1) is 0 Å². The summed E-state index contributed by atoms with van der Waals surface area (Å²) in [5, 5.41) is 15.0. The van der Waals surface area contributed by atoms with Crippen molar-refractivity contribution in [2.45, 2.75) is 18.7 Å². The van der Waals surface area contributed by atoms with Crippen LogP contribution < -0.4 is 4.90 Å². The second-order valence-electron chi connectivity index (χ2n) is 5.93. The highest BCUT2D eigenvalue weighted by Gasteiger charge is 2.34. The molecule has 0 aliphatic carbocycles. The number of sulfonamides is 1. The van der Waals surface area contributed by atoms with Crippen molar-refractivity contribution in [1.29, 1.82) is 0 Å². The van der Waals surface area contributed by atoms with Crippen molar-refractivity contribution in [2.24, 2.45) is 0 Å². The molecule has 3 rings (SSSR count). The fraction of sp³-hybridized carbons (Fsp3) is 0.400. The van der Waals surface area contributed by atoms with Gasteiger partial charge in [0.2, 0.25) is 10.0 Å². The van der Waals surface area contributed by atoms with E-state index in [4.69, 9.17) is 4.52 Å². The number of anilines is 1. The zero-order valence-corrected chi connectivity index (χ0v) is 16.6. The van der Waals surface area contributed by atoms with Crippen molar-refractivity contribution in [1.82, 2.24) is 9.46 Å². The number of hydrogen-bond donors (Lipinski definition) is 0. The Morgan fingerprint density at radius 2 is 1.88 bits per heavy atom. The normalized spacial score (nSPS) is 16.0. The summed E-state index contributed by atoms with van der Waals surface area (Å²) in [5.74, 6) is 0.258. The second-order valence-corrected chi connectivity index (χ2v) is 8.73. The summed E-state index contributed by atoms with van der Waals surface area (Å²) in [4.78, 5) is 12.8. The highest BCUT2D eigenvalue weighted by atomic mass is 79.9. The molecule has 0 radical (unpaired) electrons. The van der Waals surface area contributed by atoms with E-state index >= 15 is 0 Å². The molecule has 1 aliphatic rings. The molecule has 11 heteroatoms. The summed E-state index contributed by atoms with van der Waals surface area (Å²) in [7, 11) is -3.71.